The fourth-order valence-electron chi connectivity index (χ4n) is 4.79. The number of Topliss-reactive ketones (excluding diaryl/α,β-unsaturated/α-hetero) is 1. The number of carbonyl (C=O) groups excluding carboxylic acids is 1. The van der Waals surface area contributed by atoms with Gasteiger partial charge in [0.05, 0.1) is 7.11 Å². The Labute approximate surface area is 162 Å². The van der Waals surface area contributed by atoms with Crippen LogP contribution in [0, 0.1) is 5.92 Å². The smallest absolute Gasteiger partial charge is 0.163 e. The molecule has 1 fully saturated rings. The molecule has 0 spiro atoms. The van der Waals surface area contributed by atoms with Gasteiger partial charge in [0, 0.05) is 24.1 Å². The average molecular weight is 364 g/mol. The maximum atomic E-state index is 12.8. The molecule has 1 aliphatic carbocycles. The minimum Gasteiger partial charge on any atom is -0.496 e. The summed E-state index contributed by atoms with van der Waals surface area (Å²) >= 11 is 0. The first-order valence-corrected chi connectivity index (χ1v) is 10.2. The molecule has 0 radical (unpaired) electrons. The van der Waals surface area contributed by atoms with E-state index in [2.05, 4.69) is 35.2 Å². The highest BCUT2D eigenvalue weighted by molar-refractivity contribution is 5.98. The maximum absolute atomic E-state index is 12.8. The molecular formula is C24H29NO2. The summed E-state index contributed by atoms with van der Waals surface area (Å²) in [5.74, 6) is 2.28. The lowest BCUT2D eigenvalue weighted by molar-refractivity contribution is 0.0941. The van der Waals surface area contributed by atoms with Gasteiger partial charge in [-0.05, 0) is 62.2 Å². The summed E-state index contributed by atoms with van der Waals surface area (Å²) < 4.78 is 5.49. The van der Waals surface area contributed by atoms with Crippen LogP contribution >= 0.6 is 0 Å². The Bertz CT molecular complexity index is 778. The fraction of sp³-hybridized carbons (Fsp3) is 0.458. The molecule has 3 heteroatoms. The predicted octanol–water partition coefficient (Wildman–Crippen LogP) is 4.71. The van der Waals surface area contributed by atoms with Gasteiger partial charge in [-0.15, -0.1) is 0 Å². The Hall–Kier alpha value is -2.13. The van der Waals surface area contributed by atoms with Crippen molar-refractivity contribution in [2.75, 3.05) is 26.7 Å². The van der Waals surface area contributed by atoms with E-state index < -0.39 is 0 Å². The van der Waals surface area contributed by atoms with Crippen LogP contribution in [0.2, 0.25) is 0 Å². The second-order valence-corrected chi connectivity index (χ2v) is 8.00. The molecule has 1 atom stereocenters. The van der Waals surface area contributed by atoms with Gasteiger partial charge in [0.15, 0.2) is 5.78 Å². The van der Waals surface area contributed by atoms with Gasteiger partial charge in [-0.1, -0.05) is 42.5 Å². The van der Waals surface area contributed by atoms with Crippen molar-refractivity contribution in [1.82, 2.24) is 4.90 Å². The molecule has 0 N–H and O–H groups in total. The number of piperidine rings is 1. The van der Waals surface area contributed by atoms with Gasteiger partial charge in [-0.3, -0.25) is 4.79 Å². The molecule has 2 aliphatic rings. The van der Waals surface area contributed by atoms with Crippen LogP contribution in [0.25, 0.3) is 0 Å². The highest BCUT2D eigenvalue weighted by Crippen LogP contribution is 2.33. The molecule has 0 saturated carbocycles. The summed E-state index contributed by atoms with van der Waals surface area (Å²) in [7, 11) is 1.69. The van der Waals surface area contributed by atoms with E-state index in [9.17, 15) is 4.79 Å². The summed E-state index contributed by atoms with van der Waals surface area (Å²) in [6, 6.07) is 16.8. The molecule has 2 aromatic rings. The Morgan fingerprint density at radius 3 is 2.52 bits per heavy atom. The third-order valence-corrected chi connectivity index (χ3v) is 6.30. The fourth-order valence-corrected chi connectivity index (χ4v) is 4.79. The highest BCUT2D eigenvalue weighted by Gasteiger charge is 2.27. The molecule has 2 aromatic carbocycles. The quantitative estimate of drug-likeness (QED) is 0.737. The molecule has 142 valence electrons. The Kier molecular flexibility index (Phi) is 5.58. The Balaban J connectivity index is 1.36. The summed E-state index contributed by atoms with van der Waals surface area (Å²) in [6.45, 7) is 3.32. The van der Waals surface area contributed by atoms with E-state index in [-0.39, 0.29) is 5.78 Å². The second kappa shape index (κ2) is 8.26. The standard InChI is InChI=1S/C24H29NO2/c1-27-24-9-5-8-21-22(24)11-10-18(16-23(21)26)17-25-14-12-20(13-15-25)19-6-3-2-4-7-19/h2-9,18,20H,10-17H2,1H3. The zero-order valence-corrected chi connectivity index (χ0v) is 16.2. The Morgan fingerprint density at radius 2 is 1.78 bits per heavy atom. The summed E-state index contributed by atoms with van der Waals surface area (Å²) in [5, 5.41) is 0. The van der Waals surface area contributed by atoms with Gasteiger partial charge in [0.2, 0.25) is 0 Å². The van der Waals surface area contributed by atoms with E-state index in [1.54, 1.807) is 7.11 Å². The third-order valence-electron chi connectivity index (χ3n) is 6.30. The van der Waals surface area contributed by atoms with E-state index in [4.69, 9.17) is 4.74 Å². The van der Waals surface area contributed by atoms with Gasteiger partial charge in [0.1, 0.15) is 5.75 Å². The van der Waals surface area contributed by atoms with Crippen molar-refractivity contribution in [1.29, 1.82) is 0 Å². The number of ketones is 1. The van der Waals surface area contributed by atoms with E-state index in [0.717, 1.165) is 49.4 Å². The van der Waals surface area contributed by atoms with Crippen LogP contribution in [-0.2, 0) is 6.42 Å². The lowest BCUT2D eigenvalue weighted by Gasteiger charge is -2.34. The van der Waals surface area contributed by atoms with Crippen LogP contribution in [-0.4, -0.2) is 37.4 Å². The number of likely N-dealkylation sites (tertiary alicyclic amines) is 1. The van der Waals surface area contributed by atoms with Crippen molar-refractivity contribution in [3.8, 4) is 5.75 Å². The second-order valence-electron chi connectivity index (χ2n) is 8.00. The number of rotatable bonds is 4. The van der Waals surface area contributed by atoms with E-state index in [1.165, 1.54) is 18.4 Å². The first-order valence-electron chi connectivity index (χ1n) is 10.2. The highest BCUT2D eigenvalue weighted by atomic mass is 16.5. The molecule has 27 heavy (non-hydrogen) atoms. The van der Waals surface area contributed by atoms with Gasteiger partial charge in [-0.25, -0.2) is 0 Å². The van der Waals surface area contributed by atoms with E-state index >= 15 is 0 Å². The normalized spacial score (nSPS) is 21.5. The maximum Gasteiger partial charge on any atom is 0.163 e. The van der Waals surface area contributed by atoms with Crippen LogP contribution < -0.4 is 4.74 Å². The Morgan fingerprint density at radius 1 is 1.00 bits per heavy atom. The number of nitrogens with zero attached hydrogens (tertiary/aromatic N) is 1. The molecule has 1 unspecified atom stereocenters. The molecule has 1 saturated heterocycles. The SMILES string of the molecule is COc1cccc2c1CCC(CN1CCC(c3ccccc3)CC1)CC2=O. The van der Waals surface area contributed by atoms with Crippen LogP contribution in [0.3, 0.4) is 0 Å². The van der Waals surface area contributed by atoms with Crippen LogP contribution in [0.5, 0.6) is 5.75 Å². The molecular weight excluding hydrogens is 334 g/mol. The molecule has 0 aromatic heterocycles. The van der Waals surface area contributed by atoms with Gasteiger partial charge < -0.3 is 9.64 Å². The van der Waals surface area contributed by atoms with Crippen molar-refractivity contribution in [2.45, 2.75) is 38.0 Å². The summed E-state index contributed by atoms with van der Waals surface area (Å²) in [4.78, 5) is 15.4. The molecule has 4 rings (SSSR count). The molecule has 0 bridgehead atoms. The van der Waals surface area contributed by atoms with E-state index in [0.29, 0.717) is 18.3 Å². The molecule has 1 aliphatic heterocycles. The first-order chi connectivity index (χ1) is 13.2. The van der Waals surface area contributed by atoms with Gasteiger partial charge in [-0.2, -0.15) is 0 Å². The number of methoxy groups -OCH3 is 1. The van der Waals surface area contributed by atoms with Crippen molar-refractivity contribution in [2.24, 2.45) is 5.92 Å². The lowest BCUT2D eigenvalue weighted by atomic mass is 9.88. The van der Waals surface area contributed by atoms with Gasteiger partial charge in [0.25, 0.3) is 0 Å². The van der Waals surface area contributed by atoms with Gasteiger partial charge >= 0.3 is 0 Å². The van der Waals surface area contributed by atoms with Crippen molar-refractivity contribution in [3.63, 3.8) is 0 Å². The monoisotopic (exact) mass is 363 g/mol. The van der Waals surface area contributed by atoms with E-state index in [1.807, 2.05) is 18.2 Å². The van der Waals surface area contributed by atoms with Crippen molar-refractivity contribution in [3.05, 3.63) is 65.2 Å². The number of benzene rings is 2. The number of hydrogen-bond acceptors (Lipinski definition) is 3. The predicted molar refractivity (Wildman–Crippen MR) is 109 cm³/mol. The zero-order valence-electron chi connectivity index (χ0n) is 16.2. The minimum absolute atomic E-state index is 0.283. The number of hydrogen-bond donors (Lipinski definition) is 0. The molecule has 1 heterocycles. The summed E-state index contributed by atoms with van der Waals surface area (Å²) in [5.41, 5.74) is 3.46. The zero-order chi connectivity index (χ0) is 18.6. The topological polar surface area (TPSA) is 29.5 Å². The lowest BCUT2D eigenvalue weighted by Crippen LogP contribution is -2.37. The van der Waals surface area contributed by atoms with Crippen molar-refractivity contribution >= 4 is 5.78 Å². The summed E-state index contributed by atoms with van der Waals surface area (Å²) in [6.07, 6.45) is 5.12. The van der Waals surface area contributed by atoms with Crippen molar-refractivity contribution < 1.29 is 9.53 Å². The number of fused-ring (bicyclic) bond motifs is 1. The largest absolute Gasteiger partial charge is 0.496 e. The van der Waals surface area contributed by atoms with Crippen LogP contribution in [0.4, 0.5) is 0 Å². The first kappa shape index (κ1) is 18.2. The van der Waals surface area contributed by atoms with Crippen LogP contribution in [0.1, 0.15) is 53.1 Å². The number of carbonyl (C=O) groups is 1. The average Bonchev–Trinajstić information content (AvgIpc) is 2.88. The molecule has 0 amide bonds. The third kappa shape index (κ3) is 4.08. The molecule has 3 nitrogen and oxygen atoms in total. The van der Waals surface area contributed by atoms with Crippen LogP contribution in [0.15, 0.2) is 48.5 Å². The number of ether oxygens (including phenoxy) is 1. The minimum atomic E-state index is 0.283.